The van der Waals surface area contributed by atoms with E-state index >= 15 is 0 Å². The first-order valence-electron chi connectivity index (χ1n) is 5.09. The number of sulfonamides is 1. The number of nitrogens with zero attached hydrogens (tertiary/aromatic N) is 2. The van der Waals surface area contributed by atoms with Crippen LogP contribution in [0.15, 0.2) is 29.4 Å². The van der Waals surface area contributed by atoms with Crippen molar-refractivity contribution in [1.82, 2.24) is 9.29 Å². The van der Waals surface area contributed by atoms with Crippen molar-refractivity contribution in [3.8, 4) is 0 Å². The number of hydrogen-bond donors (Lipinski definition) is 0. The molecule has 4 nitrogen and oxygen atoms in total. The summed E-state index contributed by atoms with van der Waals surface area (Å²) in [5.41, 5.74) is 0. The summed E-state index contributed by atoms with van der Waals surface area (Å²) in [5.74, 6) is 0.291. The summed E-state index contributed by atoms with van der Waals surface area (Å²) in [6.07, 6.45) is 3.66. The molecule has 1 rings (SSSR count). The summed E-state index contributed by atoms with van der Waals surface area (Å²) in [4.78, 5) is 4.03. The van der Waals surface area contributed by atoms with Gasteiger partial charge in [-0.1, -0.05) is 6.92 Å². The maximum Gasteiger partial charge on any atom is 0.244 e. The molecule has 1 aromatic rings. The molecule has 0 unspecified atom stereocenters. The average Bonchev–Trinajstić information content (AvgIpc) is 2.30. The van der Waals surface area contributed by atoms with Gasteiger partial charge in [0.15, 0.2) is 0 Å². The summed E-state index contributed by atoms with van der Waals surface area (Å²) >= 11 is 5.60. The first kappa shape index (κ1) is 13.4. The third-order valence-corrected chi connectivity index (χ3v) is 4.13. The highest BCUT2D eigenvalue weighted by Crippen LogP contribution is 2.14. The van der Waals surface area contributed by atoms with Gasteiger partial charge in [0.1, 0.15) is 4.90 Å². The van der Waals surface area contributed by atoms with Gasteiger partial charge >= 0.3 is 0 Å². The van der Waals surface area contributed by atoms with Crippen LogP contribution in [-0.4, -0.2) is 36.7 Å². The van der Waals surface area contributed by atoms with Gasteiger partial charge in [0, 0.05) is 31.4 Å². The van der Waals surface area contributed by atoms with Crippen LogP contribution in [0, 0.1) is 0 Å². The normalized spacial score (nSPS) is 11.9. The Kier molecular flexibility index (Phi) is 5.18. The molecular formula is C10H15ClN2O2S. The molecule has 0 saturated heterocycles. The average molecular weight is 263 g/mol. The SMILES string of the molecule is CCCN(CCCl)S(=O)(=O)c1cccnc1. The van der Waals surface area contributed by atoms with Crippen molar-refractivity contribution in [2.45, 2.75) is 18.2 Å². The summed E-state index contributed by atoms with van der Waals surface area (Å²) in [6.45, 7) is 2.73. The number of rotatable bonds is 6. The first-order valence-corrected chi connectivity index (χ1v) is 7.06. The highest BCUT2D eigenvalue weighted by Gasteiger charge is 2.22. The number of hydrogen-bond acceptors (Lipinski definition) is 3. The maximum absolute atomic E-state index is 12.1. The molecule has 6 heteroatoms. The van der Waals surface area contributed by atoms with Crippen LogP contribution in [-0.2, 0) is 10.0 Å². The van der Waals surface area contributed by atoms with E-state index < -0.39 is 10.0 Å². The van der Waals surface area contributed by atoms with Gasteiger partial charge < -0.3 is 0 Å². The van der Waals surface area contributed by atoms with Crippen LogP contribution in [0.2, 0.25) is 0 Å². The Morgan fingerprint density at radius 2 is 2.19 bits per heavy atom. The van der Waals surface area contributed by atoms with Gasteiger partial charge in [-0.25, -0.2) is 8.42 Å². The molecular weight excluding hydrogens is 248 g/mol. The van der Waals surface area contributed by atoms with Crippen molar-refractivity contribution in [3.63, 3.8) is 0 Å². The number of alkyl halides is 1. The third kappa shape index (κ3) is 3.17. The molecule has 0 fully saturated rings. The minimum absolute atomic E-state index is 0.216. The molecule has 0 aliphatic rings. The van der Waals surface area contributed by atoms with Crippen molar-refractivity contribution in [2.75, 3.05) is 19.0 Å². The zero-order valence-electron chi connectivity index (χ0n) is 9.13. The van der Waals surface area contributed by atoms with Crippen LogP contribution >= 0.6 is 11.6 Å². The Morgan fingerprint density at radius 3 is 2.69 bits per heavy atom. The van der Waals surface area contributed by atoms with Gasteiger partial charge in [-0.05, 0) is 18.6 Å². The predicted octanol–water partition coefficient (Wildman–Crippen LogP) is 1.72. The number of pyridine rings is 1. The van der Waals surface area contributed by atoms with Crippen LogP contribution in [0.5, 0.6) is 0 Å². The standard InChI is InChI=1S/C10H15ClN2O2S/c1-2-7-13(8-5-11)16(14,15)10-4-3-6-12-9-10/h3-4,6,9H,2,5,7-8H2,1H3. The van der Waals surface area contributed by atoms with E-state index in [9.17, 15) is 8.42 Å². The highest BCUT2D eigenvalue weighted by atomic mass is 35.5. The van der Waals surface area contributed by atoms with E-state index in [1.54, 1.807) is 18.3 Å². The van der Waals surface area contributed by atoms with Crippen molar-refractivity contribution in [2.24, 2.45) is 0 Å². The smallest absolute Gasteiger partial charge is 0.244 e. The van der Waals surface area contributed by atoms with E-state index in [0.29, 0.717) is 19.0 Å². The molecule has 1 aromatic heterocycles. The second-order valence-corrected chi connectivity index (χ2v) is 5.60. The van der Waals surface area contributed by atoms with E-state index in [4.69, 9.17) is 11.6 Å². The van der Waals surface area contributed by atoms with E-state index in [1.807, 2.05) is 6.92 Å². The maximum atomic E-state index is 12.1. The van der Waals surface area contributed by atoms with Crippen molar-refractivity contribution >= 4 is 21.6 Å². The molecule has 0 radical (unpaired) electrons. The zero-order chi connectivity index (χ0) is 12.0. The van der Waals surface area contributed by atoms with Crippen LogP contribution in [0.4, 0.5) is 0 Å². The molecule has 0 spiro atoms. The predicted molar refractivity (Wildman–Crippen MR) is 64.0 cm³/mol. The van der Waals surface area contributed by atoms with Crippen molar-refractivity contribution < 1.29 is 8.42 Å². The Hall–Kier alpha value is -0.650. The molecule has 0 saturated carbocycles. The Bertz CT molecular complexity index is 402. The monoisotopic (exact) mass is 262 g/mol. The van der Waals surface area contributed by atoms with E-state index in [0.717, 1.165) is 6.42 Å². The summed E-state index contributed by atoms with van der Waals surface area (Å²) < 4.78 is 25.7. The molecule has 90 valence electrons. The molecule has 0 atom stereocenters. The summed E-state index contributed by atoms with van der Waals surface area (Å²) in [5, 5.41) is 0. The highest BCUT2D eigenvalue weighted by molar-refractivity contribution is 7.89. The molecule has 0 amide bonds. The fraction of sp³-hybridized carbons (Fsp3) is 0.500. The Morgan fingerprint density at radius 1 is 1.44 bits per heavy atom. The van der Waals surface area contributed by atoms with Crippen molar-refractivity contribution in [3.05, 3.63) is 24.5 Å². The van der Waals surface area contributed by atoms with E-state index in [2.05, 4.69) is 4.98 Å². The van der Waals surface area contributed by atoms with Crippen LogP contribution in [0.25, 0.3) is 0 Å². The molecule has 0 aliphatic heterocycles. The Balaban J connectivity index is 2.98. The topological polar surface area (TPSA) is 50.3 Å². The molecule has 0 bridgehead atoms. The lowest BCUT2D eigenvalue weighted by atomic mass is 10.5. The quantitative estimate of drug-likeness (QED) is 0.734. The molecule has 0 aromatic carbocycles. The fourth-order valence-corrected chi connectivity index (χ4v) is 3.15. The van der Waals surface area contributed by atoms with E-state index in [-0.39, 0.29) is 4.90 Å². The van der Waals surface area contributed by atoms with Gasteiger partial charge in [-0.15, -0.1) is 11.6 Å². The van der Waals surface area contributed by atoms with Gasteiger partial charge in [-0.3, -0.25) is 4.98 Å². The fourth-order valence-electron chi connectivity index (χ4n) is 1.34. The molecule has 0 aliphatic carbocycles. The van der Waals surface area contributed by atoms with Crippen molar-refractivity contribution in [1.29, 1.82) is 0 Å². The molecule has 16 heavy (non-hydrogen) atoms. The number of aromatic nitrogens is 1. The van der Waals surface area contributed by atoms with Gasteiger partial charge in [0.25, 0.3) is 0 Å². The lowest BCUT2D eigenvalue weighted by molar-refractivity contribution is 0.428. The second-order valence-electron chi connectivity index (χ2n) is 3.28. The Labute approximate surface area is 101 Å². The summed E-state index contributed by atoms with van der Waals surface area (Å²) in [6, 6.07) is 3.15. The minimum atomic E-state index is -3.44. The first-order chi connectivity index (χ1) is 7.62. The lowest BCUT2D eigenvalue weighted by Crippen LogP contribution is -2.33. The molecule has 1 heterocycles. The van der Waals surface area contributed by atoms with Gasteiger partial charge in [0.2, 0.25) is 10.0 Å². The second kappa shape index (κ2) is 6.18. The number of halogens is 1. The van der Waals surface area contributed by atoms with Gasteiger partial charge in [-0.2, -0.15) is 4.31 Å². The zero-order valence-corrected chi connectivity index (χ0v) is 10.7. The largest absolute Gasteiger partial charge is 0.263 e. The lowest BCUT2D eigenvalue weighted by Gasteiger charge is -2.20. The van der Waals surface area contributed by atoms with E-state index in [1.165, 1.54) is 10.5 Å². The van der Waals surface area contributed by atoms with Crippen LogP contribution < -0.4 is 0 Å². The summed E-state index contributed by atoms with van der Waals surface area (Å²) in [7, 11) is -3.44. The molecule has 0 N–H and O–H groups in total. The minimum Gasteiger partial charge on any atom is -0.263 e. The third-order valence-electron chi connectivity index (χ3n) is 2.08. The van der Waals surface area contributed by atoms with Crippen LogP contribution in [0.1, 0.15) is 13.3 Å². The van der Waals surface area contributed by atoms with Gasteiger partial charge in [0.05, 0.1) is 0 Å². The van der Waals surface area contributed by atoms with Crippen LogP contribution in [0.3, 0.4) is 0 Å².